The van der Waals surface area contributed by atoms with Crippen molar-refractivity contribution in [2.24, 2.45) is 0 Å². The van der Waals surface area contributed by atoms with Gasteiger partial charge in [-0.25, -0.2) is 9.67 Å². The molecule has 2 atom stereocenters. The molecule has 1 aromatic heterocycles. The highest BCUT2D eigenvalue weighted by Crippen LogP contribution is 2.30. The zero-order valence-electron chi connectivity index (χ0n) is 15.8. The molecule has 0 aliphatic carbocycles. The van der Waals surface area contributed by atoms with Crippen LogP contribution in [0.15, 0.2) is 61.2 Å². The van der Waals surface area contributed by atoms with Crippen LogP contribution in [0.1, 0.15) is 28.4 Å². The molecule has 0 unspecified atom stereocenters. The van der Waals surface area contributed by atoms with E-state index in [1.165, 1.54) is 17.3 Å². The molecule has 3 aromatic rings. The number of nitrogens with zero attached hydrogens (tertiary/aromatic N) is 3. The Morgan fingerprint density at radius 2 is 1.73 bits per heavy atom. The molecule has 0 saturated heterocycles. The zero-order chi connectivity index (χ0) is 21.9. The second-order valence-electron chi connectivity index (χ2n) is 6.79. The molecule has 1 amide bonds. The maximum Gasteiger partial charge on any atom is 0.416 e. The third kappa shape index (κ3) is 4.80. The molecule has 2 aromatic carbocycles. The summed E-state index contributed by atoms with van der Waals surface area (Å²) in [6.45, 7) is 1.57. The van der Waals surface area contributed by atoms with Crippen molar-refractivity contribution in [1.29, 1.82) is 0 Å². The number of aliphatic hydroxyl groups is 1. The van der Waals surface area contributed by atoms with E-state index >= 15 is 0 Å². The smallest absolute Gasteiger partial charge is 0.381 e. The number of carbonyl (C=O) groups is 1. The van der Waals surface area contributed by atoms with E-state index < -0.39 is 29.3 Å². The lowest BCUT2D eigenvalue weighted by atomic mass is 9.86. The maximum absolute atomic E-state index is 12.7. The molecule has 0 spiro atoms. The average Bonchev–Trinajstić information content (AvgIpc) is 3.20. The first-order valence-corrected chi connectivity index (χ1v) is 9.26. The van der Waals surface area contributed by atoms with Crippen molar-refractivity contribution in [3.05, 3.63) is 82.9 Å². The summed E-state index contributed by atoms with van der Waals surface area (Å²) in [6, 6.07) is 9.47. The van der Waals surface area contributed by atoms with E-state index in [-0.39, 0.29) is 12.1 Å². The van der Waals surface area contributed by atoms with Gasteiger partial charge in [-0.2, -0.15) is 18.3 Å². The first-order chi connectivity index (χ1) is 14.1. The minimum atomic E-state index is -4.49. The number of amides is 1. The van der Waals surface area contributed by atoms with Gasteiger partial charge in [-0.15, -0.1) is 0 Å². The number of hydrogen-bond acceptors (Lipinski definition) is 4. The summed E-state index contributed by atoms with van der Waals surface area (Å²) in [5, 5.41) is 18.6. The van der Waals surface area contributed by atoms with E-state index in [0.717, 1.165) is 24.3 Å². The van der Waals surface area contributed by atoms with E-state index in [4.69, 9.17) is 11.6 Å². The highest BCUT2D eigenvalue weighted by molar-refractivity contribution is 6.30. The number of hydrogen-bond donors (Lipinski definition) is 2. The second kappa shape index (κ2) is 8.45. The van der Waals surface area contributed by atoms with Crippen molar-refractivity contribution in [2.75, 3.05) is 0 Å². The van der Waals surface area contributed by atoms with E-state index in [9.17, 15) is 23.1 Å². The molecule has 0 radical (unpaired) electrons. The van der Waals surface area contributed by atoms with Crippen LogP contribution in [0.5, 0.6) is 0 Å². The van der Waals surface area contributed by atoms with Crippen LogP contribution in [0.4, 0.5) is 13.2 Å². The number of aromatic nitrogens is 3. The first kappa shape index (κ1) is 21.8. The Morgan fingerprint density at radius 3 is 2.27 bits per heavy atom. The molecule has 158 valence electrons. The van der Waals surface area contributed by atoms with Gasteiger partial charge in [-0.3, -0.25) is 4.79 Å². The molecule has 10 heteroatoms. The van der Waals surface area contributed by atoms with Gasteiger partial charge >= 0.3 is 6.18 Å². The topological polar surface area (TPSA) is 80.0 Å². The van der Waals surface area contributed by atoms with Crippen LogP contribution in [0.3, 0.4) is 0 Å². The van der Waals surface area contributed by atoms with E-state index in [2.05, 4.69) is 15.4 Å². The standard InChI is InChI=1S/C20H18ClF3N4O2/c1-13(27-18(29)14-2-4-16(5-3-14)20(22,23)24)19(30,10-28-12-25-11-26-28)15-6-8-17(21)9-7-15/h2-9,11-13,30H,10H2,1H3,(H,27,29)/t13-,19-/m1/s1. The minimum Gasteiger partial charge on any atom is -0.381 e. The summed E-state index contributed by atoms with van der Waals surface area (Å²) in [7, 11) is 0. The Labute approximate surface area is 175 Å². The molecule has 3 rings (SSSR count). The Bertz CT molecular complexity index is 992. The van der Waals surface area contributed by atoms with Gasteiger partial charge in [0.2, 0.25) is 0 Å². The quantitative estimate of drug-likeness (QED) is 0.615. The number of alkyl halides is 3. The fourth-order valence-corrected chi connectivity index (χ4v) is 3.11. The van der Waals surface area contributed by atoms with Crippen molar-refractivity contribution in [2.45, 2.75) is 31.3 Å². The molecule has 0 aliphatic heterocycles. The van der Waals surface area contributed by atoms with E-state index in [1.807, 2.05) is 0 Å². The largest absolute Gasteiger partial charge is 0.416 e. The van der Waals surface area contributed by atoms with Crippen molar-refractivity contribution in [1.82, 2.24) is 20.1 Å². The van der Waals surface area contributed by atoms with Gasteiger partial charge in [-0.05, 0) is 48.9 Å². The molecule has 1 heterocycles. The number of rotatable bonds is 6. The summed E-state index contributed by atoms with van der Waals surface area (Å²) in [5.74, 6) is -0.623. The summed E-state index contributed by atoms with van der Waals surface area (Å²) < 4.78 is 39.6. The normalized spacial score (nSPS) is 14.7. The molecule has 0 saturated carbocycles. The number of benzene rings is 2. The molecular formula is C20H18ClF3N4O2. The maximum atomic E-state index is 12.7. The van der Waals surface area contributed by atoms with Gasteiger partial charge in [0.15, 0.2) is 0 Å². The lowest BCUT2D eigenvalue weighted by Crippen LogP contribution is -2.51. The lowest BCUT2D eigenvalue weighted by Gasteiger charge is -2.35. The summed E-state index contributed by atoms with van der Waals surface area (Å²) in [6.07, 6.45) is -1.76. The molecule has 0 aliphatic rings. The predicted molar refractivity (Wildman–Crippen MR) is 104 cm³/mol. The molecule has 0 fully saturated rings. The number of nitrogens with one attached hydrogen (secondary N) is 1. The highest BCUT2D eigenvalue weighted by Gasteiger charge is 2.38. The van der Waals surface area contributed by atoms with Gasteiger partial charge in [0.1, 0.15) is 18.3 Å². The van der Waals surface area contributed by atoms with Gasteiger partial charge in [0.25, 0.3) is 5.91 Å². The van der Waals surface area contributed by atoms with Gasteiger partial charge < -0.3 is 10.4 Å². The van der Waals surface area contributed by atoms with Crippen molar-refractivity contribution < 1.29 is 23.1 Å². The Hall–Kier alpha value is -2.91. The van der Waals surface area contributed by atoms with E-state index in [0.29, 0.717) is 10.6 Å². The van der Waals surface area contributed by atoms with Crippen LogP contribution in [0.2, 0.25) is 5.02 Å². The van der Waals surface area contributed by atoms with E-state index in [1.54, 1.807) is 31.2 Å². The second-order valence-corrected chi connectivity index (χ2v) is 7.23. The van der Waals surface area contributed by atoms with Gasteiger partial charge in [0.05, 0.1) is 18.2 Å². The SMILES string of the molecule is C[C@@H](NC(=O)c1ccc(C(F)(F)F)cc1)[C@](O)(Cn1cncn1)c1ccc(Cl)cc1. The summed E-state index contributed by atoms with van der Waals surface area (Å²) in [4.78, 5) is 16.4. The van der Waals surface area contributed by atoms with Gasteiger partial charge in [-0.1, -0.05) is 23.7 Å². The van der Waals surface area contributed by atoms with Crippen LogP contribution >= 0.6 is 11.6 Å². The predicted octanol–water partition coefficient (Wildman–Crippen LogP) is 3.66. The zero-order valence-corrected chi connectivity index (χ0v) is 16.5. The third-order valence-corrected chi connectivity index (χ3v) is 5.00. The van der Waals surface area contributed by atoms with Crippen LogP contribution < -0.4 is 5.32 Å². The molecule has 0 bridgehead atoms. The molecule has 6 nitrogen and oxygen atoms in total. The first-order valence-electron chi connectivity index (χ1n) is 8.88. The fraction of sp³-hybridized carbons (Fsp3) is 0.250. The highest BCUT2D eigenvalue weighted by atomic mass is 35.5. The number of carbonyl (C=O) groups excluding carboxylic acids is 1. The number of halogens is 4. The van der Waals surface area contributed by atoms with Crippen molar-refractivity contribution >= 4 is 17.5 Å². The van der Waals surface area contributed by atoms with Gasteiger partial charge in [0, 0.05) is 10.6 Å². The van der Waals surface area contributed by atoms with Crippen molar-refractivity contribution in [3.8, 4) is 0 Å². The van der Waals surface area contributed by atoms with Crippen LogP contribution in [0.25, 0.3) is 0 Å². The monoisotopic (exact) mass is 438 g/mol. The fourth-order valence-electron chi connectivity index (χ4n) is 2.99. The summed E-state index contributed by atoms with van der Waals surface area (Å²) in [5.41, 5.74) is -1.94. The van der Waals surface area contributed by atoms with Crippen LogP contribution in [-0.2, 0) is 18.3 Å². The molecular weight excluding hydrogens is 421 g/mol. The molecule has 2 N–H and O–H groups in total. The minimum absolute atomic E-state index is 0.0247. The third-order valence-electron chi connectivity index (χ3n) is 4.75. The molecule has 30 heavy (non-hydrogen) atoms. The average molecular weight is 439 g/mol. The lowest BCUT2D eigenvalue weighted by molar-refractivity contribution is -0.137. The van der Waals surface area contributed by atoms with Crippen LogP contribution in [-0.4, -0.2) is 31.8 Å². The Kier molecular flexibility index (Phi) is 6.14. The Morgan fingerprint density at radius 1 is 1.13 bits per heavy atom. The van der Waals surface area contributed by atoms with Crippen LogP contribution in [0, 0.1) is 0 Å². The Balaban J connectivity index is 1.84. The summed E-state index contributed by atoms with van der Waals surface area (Å²) >= 11 is 5.93. The van der Waals surface area contributed by atoms with Crippen molar-refractivity contribution in [3.63, 3.8) is 0 Å².